The molecule has 4 heteroatoms. The fourth-order valence-electron chi connectivity index (χ4n) is 2.65. The lowest BCUT2D eigenvalue weighted by Gasteiger charge is -2.10. The molecular formula is C18H13N3O. The first-order chi connectivity index (χ1) is 10.8. The molecule has 0 atom stereocenters. The number of fused-ring (bicyclic) bond motifs is 1. The number of pyridine rings is 2. The lowest BCUT2D eigenvalue weighted by atomic mass is 10.0. The summed E-state index contributed by atoms with van der Waals surface area (Å²) in [6, 6.07) is 13.3. The zero-order chi connectivity index (χ0) is 14.9. The lowest BCUT2D eigenvalue weighted by molar-refractivity contribution is 0.477. The van der Waals surface area contributed by atoms with Crippen LogP contribution in [-0.4, -0.2) is 19.5 Å². The average Bonchev–Trinajstić information content (AvgIpc) is 3.03. The van der Waals surface area contributed by atoms with Gasteiger partial charge in [0.25, 0.3) is 0 Å². The van der Waals surface area contributed by atoms with Crippen molar-refractivity contribution in [2.45, 2.75) is 0 Å². The molecule has 106 valence electrons. The highest BCUT2D eigenvalue weighted by Crippen LogP contribution is 2.33. The van der Waals surface area contributed by atoms with Crippen LogP contribution in [0.4, 0.5) is 0 Å². The van der Waals surface area contributed by atoms with E-state index in [4.69, 9.17) is 0 Å². The van der Waals surface area contributed by atoms with E-state index in [1.54, 1.807) is 18.6 Å². The molecule has 22 heavy (non-hydrogen) atoms. The molecule has 0 aliphatic carbocycles. The Labute approximate surface area is 127 Å². The van der Waals surface area contributed by atoms with Gasteiger partial charge in [0.1, 0.15) is 5.75 Å². The van der Waals surface area contributed by atoms with Crippen LogP contribution in [-0.2, 0) is 0 Å². The van der Waals surface area contributed by atoms with E-state index in [0.717, 1.165) is 27.8 Å². The summed E-state index contributed by atoms with van der Waals surface area (Å²) < 4.78 is 1.96. The van der Waals surface area contributed by atoms with Gasteiger partial charge >= 0.3 is 0 Å². The Hall–Kier alpha value is -3.14. The van der Waals surface area contributed by atoms with Gasteiger partial charge in [-0.1, -0.05) is 24.3 Å². The minimum Gasteiger partial charge on any atom is -0.507 e. The zero-order valence-electron chi connectivity index (χ0n) is 11.7. The molecule has 1 aromatic carbocycles. The van der Waals surface area contributed by atoms with Crippen LogP contribution >= 0.6 is 0 Å². The lowest BCUT2D eigenvalue weighted by Crippen LogP contribution is -1.90. The van der Waals surface area contributed by atoms with Crippen LogP contribution in [0.5, 0.6) is 5.75 Å². The first-order valence-corrected chi connectivity index (χ1v) is 6.97. The predicted octanol–water partition coefficient (Wildman–Crippen LogP) is 3.77. The number of phenols is 1. The van der Waals surface area contributed by atoms with Gasteiger partial charge in [-0.25, -0.2) is 4.98 Å². The third-order valence-corrected chi connectivity index (χ3v) is 3.71. The molecule has 4 aromatic rings. The Balaban J connectivity index is 2.01. The second-order valence-corrected chi connectivity index (χ2v) is 5.09. The van der Waals surface area contributed by atoms with E-state index >= 15 is 0 Å². The van der Waals surface area contributed by atoms with E-state index in [2.05, 4.69) is 16.0 Å². The van der Waals surface area contributed by atoms with Crippen LogP contribution in [0.1, 0.15) is 0 Å². The molecule has 1 N–H and O–H groups in total. The largest absolute Gasteiger partial charge is 0.507 e. The first-order valence-electron chi connectivity index (χ1n) is 6.97. The molecule has 0 radical (unpaired) electrons. The second kappa shape index (κ2) is 5.00. The maximum absolute atomic E-state index is 10.1. The highest BCUT2D eigenvalue weighted by Gasteiger charge is 2.10. The number of imidazole rings is 1. The number of phenolic OH excluding ortho intramolecular Hbond substituents is 1. The summed E-state index contributed by atoms with van der Waals surface area (Å²) in [6.07, 6.45) is 9.15. The molecule has 3 aromatic heterocycles. The SMILES string of the molecule is Oc1ccccc1-c1cc(-c2cccnc2)c2cncn2c1. The summed E-state index contributed by atoms with van der Waals surface area (Å²) in [7, 11) is 0. The van der Waals surface area contributed by atoms with Crippen LogP contribution in [0.15, 0.2) is 73.6 Å². The van der Waals surface area contributed by atoms with E-state index in [-0.39, 0.29) is 5.75 Å². The first kappa shape index (κ1) is 12.6. The van der Waals surface area contributed by atoms with E-state index in [9.17, 15) is 5.11 Å². The molecule has 0 aliphatic rings. The average molecular weight is 287 g/mol. The number of aromatic hydroxyl groups is 1. The van der Waals surface area contributed by atoms with Crippen LogP contribution in [0.25, 0.3) is 27.8 Å². The van der Waals surface area contributed by atoms with Gasteiger partial charge in [0.15, 0.2) is 0 Å². The molecule has 3 heterocycles. The van der Waals surface area contributed by atoms with Crippen molar-refractivity contribution in [2.24, 2.45) is 0 Å². The van der Waals surface area contributed by atoms with Gasteiger partial charge in [-0.05, 0) is 18.2 Å². The zero-order valence-corrected chi connectivity index (χ0v) is 11.7. The van der Waals surface area contributed by atoms with Gasteiger partial charge < -0.3 is 9.51 Å². The molecule has 0 saturated heterocycles. The maximum atomic E-state index is 10.1. The molecule has 4 nitrogen and oxygen atoms in total. The van der Waals surface area contributed by atoms with Crippen molar-refractivity contribution in [1.82, 2.24) is 14.4 Å². The maximum Gasteiger partial charge on any atom is 0.123 e. The molecular weight excluding hydrogens is 274 g/mol. The normalized spacial score (nSPS) is 10.9. The van der Waals surface area contributed by atoms with Crippen LogP contribution in [0.3, 0.4) is 0 Å². The van der Waals surface area contributed by atoms with Crippen molar-refractivity contribution < 1.29 is 5.11 Å². The molecule has 0 aliphatic heterocycles. The molecule has 4 rings (SSSR count). The van der Waals surface area contributed by atoms with Gasteiger partial charge in [-0.3, -0.25) is 4.98 Å². The van der Waals surface area contributed by atoms with Crippen molar-refractivity contribution in [3.05, 3.63) is 73.6 Å². The highest BCUT2D eigenvalue weighted by molar-refractivity contribution is 5.84. The van der Waals surface area contributed by atoms with Crippen molar-refractivity contribution in [3.8, 4) is 28.0 Å². The molecule has 0 unspecified atom stereocenters. The molecule has 0 spiro atoms. The monoisotopic (exact) mass is 287 g/mol. The van der Waals surface area contributed by atoms with Crippen molar-refractivity contribution in [3.63, 3.8) is 0 Å². The summed E-state index contributed by atoms with van der Waals surface area (Å²) >= 11 is 0. The number of benzene rings is 1. The standard InChI is InChI=1S/C18H13N3O/c22-18-6-2-1-5-15(18)14-8-16(13-4-3-7-19-9-13)17-10-20-12-21(17)11-14/h1-12,22H. The van der Waals surface area contributed by atoms with Crippen molar-refractivity contribution >= 4 is 5.52 Å². The topological polar surface area (TPSA) is 50.4 Å². The third kappa shape index (κ3) is 2.02. The summed E-state index contributed by atoms with van der Waals surface area (Å²) in [6.45, 7) is 0. The van der Waals surface area contributed by atoms with E-state index in [1.807, 2.05) is 53.3 Å². The van der Waals surface area contributed by atoms with Gasteiger partial charge in [0.05, 0.1) is 18.0 Å². The number of hydrogen-bond donors (Lipinski definition) is 1. The van der Waals surface area contributed by atoms with E-state index in [1.165, 1.54) is 0 Å². The third-order valence-electron chi connectivity index (χ3n) is 3.71. The molecule has 0 saturated carbocycles. The minimum atomic E-state index is 0.263. The van der Waals surface area contributed by atoms with E-state index in [0.29, 0.717) is 0 Å². The van der Waals surface area contributed by atoms with Crippen LogP contribution < -0.4 is 0 Å². The van der Waals surface area contributed by atoms with Crippen molar-refractivity contribution in [1.29, 1.82) is 0 Å². The number of hydrogen-bond acceptors (Lipinski definition) is 3. The highest BCUT2D eigenvalue weighted by atomic mass is 16.3. The fraction of sp³-hybridized carbons (Fsp3) is 0. The fourth-order valence-corrected chi connectivity index (χ4v) is 2.65. The Bertz CT molecular complexity index is 945. The molecule has 0 fully saturated rings. The van der Waals surface area contributed by atoms with Crippen LogP contribution in [0, 0.1) is 0 Å². The predicted molar refractivity (Wildman–Crippen MR) is 85.5 cm³/mol. The van der Waals surface area contributed by atoms with Crippen molar-refractivity contribution in [2.75, 3.05) is 0 Å². The van der Waals surface area contributed by atoms with Gasteiger partial charge in [-0.15, -0.1) is 0 Å². The number of rotatable bonds is 2. The summed E-state index contributed by atoms with van der Waals surface area (Å²) in [5, 5.41) is 10.1. The Morgan fingerprint density at radius 3 is 2.59 bits per heavy atom. The van der Waals surface area contributed by atoms with E-state index < -0.39 is 0 Å². The number of nitrogens with zero attached hydrogens (tertiary/aromatic N) is 3. The number of aromatic nitrogens is 3. The summed E-state index contributed by atoms with van der Waals surface area (Å²) in [4.78, 5) is 8.42. The Morgan fingerprint density at radius 2 is 1.77 bits per heavy atom. The summed E-state index contributed by atoms with van der Waals surface area (Å²) in [5.41, 5.74) is 4.79. The Kier molecular flexibility index (Phi) is 2.86. The molecule has 0 bridgehead atoms. The quantitative estimate of drug-likeness (QED) is 0.610. The van der Waals surface area contributed by atoms with Crippen LogP contribution in [0.2, 0.25) is 0 Å². The Morgan fingerprint density at radius 1 is 0.864 bits per heavy atom. The number of para-hydroxylation sites is 1. The molecule has 0 amide bonds. The van der Waals surface area contributed by atoms with Gasteiger partial charge in [0.2, 0.25) is 0 Å². The van der Waals surface area contributed by atoms with Gasteiger partial charge in [0, 0.05) is 40.8 Å². The summed E-state index contributed by atoms with van der Waals surface area (Å²) in [5.74, 6) is 0.263. The second-order valence-electron chi connectivity index (χ2n) is 5.09. The minimum absolute atomic E-state index is 0.263. The van der Waals surface area contributed by atoms with Gasteiger partial charge in [-0.2, -0.15) is 0 Å². The smallest absolute Gasteiger partial charge is 0.123 e.